The maximum absolute atomic E-state index is 12.1. The first-order valence-corrected chi connectivity index (χ1v) is 8.72. The van der Waals surface area contributed by atoms with Gasteiger partial charge in [0.2, 0.25) is 0 Å². The Morgan fingerprint density at radius 2 is 1.79 bits per heavy atom. The summed E-state index contributed by atoms with van der Waals surface area (Å²) in [5.41, 5.74) is 3.56. The molecule has 1 atom stereocenters. The Balaban J connectivity index is 1.90. The highest BCUT2D eigenvalue weighted by Gasteiger charge is 2.15. The van der Waals surface area contributed by atoms with Crippen LogP contribution in [0.4, 0.5) is 4.79 Å². The monoisotopic (exact) mass is 325 g/mol. The molecule has 0 aliphatic rings. The third-order valence-electron chi connectivity index (χ3n) is 4.14. The lowest BCUT2D eigenvalue weighted by Gasteiger charge is -2.19. The number of aryl methyl sites for hydroxylation is 1. The third-order valence-corrected chi connectivity index (χ3v) is 4.14. The van der Waals surface area contributed by atoms with E-state index in [1.54, 1.807) is 0 Å². The summed E-state index contributed by atoms with van der Waals surface area (Å²) in [5.74, 6) is 0. The summed E-state index contributed by atoms with van der Waals surface area (Å²) in [6.45, 7) is 4.74. The number of carbonyl (C=O) groups excluding carboxylic acids is 1. The molecule has 1 amide bonds. The van der Waals surface area contributed by atoms with Gasteiger partial charge < -0.3 is 10.1 Å². The fraction of sp³-hybridized carbons (Fsp3) is 0.381. The van der Waals surface area contributed by atoms with Gasteiger partial charge in [0, 0.05) is 13.0 Å². The normalized spacial score (nSPS) is 11.8. The number of hydrogen-bond acceptors (Lipinski definition) is 2. The molecular weight excluding hydrogens is 298 g/mol. The van der Waals surface area contributed by atoms with E-state index in [1.807, 2.05) is 42.5 Å². The van der Waals surface area contributed by atoms with Gasteiger partial charge in [0.1, 0.15) is 6.10 Å². The highest BCUT2D eigenvalue weighted by Crippen LogP contribution is 2.16. The van der Waals surface area contributed by atoms with E-state index in [4.69, 9.17) is 4.74 Å². The number of rotatable bonds is 8. The van der Waals surface area contributed by atoms with Crippen molar-refractivity contribution < 1.29 is 9.53 Å². The van der Waals surface area contributed by atoms with E-state index in [0.29, 0.717) is 6.54 Å². The number of unbranched alkanes of at least 4 members (excludes halogenated alkanes) is 1. The first-order chi connectivity index (χ1) is 11.7. The average Bonchev–Trinajstić information content (AvgIpc) is 2.60. The predicted molar refractivity (Wildman–Crippen MR) is 98.0 cm³/mol. The molecule has 0 saturated heterocycles. The van der Waals surface area contributed by atoms with Crippen molar-refractivity contribution in [1.29, 1.82) is 0 Å². The molecule has 0 spiro atoms. The summed E-state index contributed by atoms with van der Waals surface area (Å²) >= 11 is 0. The maximum atomic E-state index is 12.1. The summed E-state index contributed by atoms with van der Waals surface area (Å²) in [6, 6.07) is 18.1. The highest BCUT2D eigenvalue weighted by atomic mass is 16.6. The van der Waals surface area contributed by atoms with Crippen LogP contribution in [-0.2, 0) is 17.7 Å². The first kappa shape index (κ1) is 18.1. The molecule has 0 bridgehead atoms. The van der Waals surface area contributed by atoms with Gasteiger partial charge >= 0.3 is 6.09 Å². The van der Waals surface area contributed by atoms with Crippen molar-refractivity contribution in [1.82, 2.24) is 5.32 Å². The fourth-order valence-corrected chi connectivity index (χ4v) is 2.68. The van der Waals surface area contributed by atoms with Crippen LogP contribution in [0.25, 0.3) is 0 Å². The average molecular weight is 325 g/mol. The molecule has 3 nitrogen and oxygen atoms in total. The summed E-state index contributed by atoms with van der Waals surface area (Å²) in [7, 11) is 0. The molecular formula is C21H27NO2. The Labute approximate surface area is 145 Å². The zero-order valence-electron chi connectivity index (χ0n) is 14.6. The van der Waals surface area contributed by atoms with E-state index in [2.05, 4.69) is 31.3 Å². The Morgan fingerprint density at radius 3 is 2.50 bits per heavy atom. The van der Waals surface area contributed by atoms with Crippen molar-refractivity contribution in [3.63, 3.8) is 0 Å². The molecule has 0 aliphatic carbocycles. The van der Waals surface area contributed by atoms with Gasteiger partial charge in [0.25, 0.3) is 0 Å². The molecule has 2 aromatic rings. The molecule has 24 heavy (non-hydrogen) atoms. The lowest BCUT2D eigenvalue weighted by atomic mass is 9.99. The molecule has 0 radical (unpaired) electrons. The van der Waals surface area contributed by atoms with Crippen LogP contribution in [0.1, 0.15) is 42.9 Å². The van der Waals surface area contributed by atoms with E-state index in [-0.39, 0.29) is 12.2 Å². The standard InChI is InChI=1S/C21H27NO2/c1-3-4-14-20(15-19-13-9-8-10-17(19)2)24-21(23)22-16-18-11-6-5-7-12-18/h5-13,20H,3-4,14-16H2,1-2H3,(H,22,23)/t20-/m0/s1. The Hall–Kier alpha value is -2.29. The Morgan fingerprint density at radius 1 is 1.08 bits per heavy atom. The van der Waals surface area contributed by atoms with Crippen molar-refractivity contribution in [2.24, 2.45) is 0 Å². The van der Waals surface area contributed by atoms with Crippen LogP contribution >= 0.6 is 0 Å². The van der Waals surface area contributed by atoms with Gasteiger partial charge in [0.15, 0.2) is 0 Å². The molecule has 0 aliphatic heterocycles. The largest absolute Gasteiger partial charge is 0.446 e. The Bertz CT molecular complexity index is 625. The number of ether oxygens (including phenoxy) is 1. The summed E-state index contributed by atoms with van der Waals surface area (Å²) in [4.78, 5) is 12.1. The van der Waals surface area contributed by atoms with E-state index in [9.17, 15) is 4.79 Å². The second-order valence-corrected chi connectivity index (χ2v) is 6.14. The molecule has 0 heterocycles. The van der Waals surface area contributed by atoms with Gasteiger partial charge in [-0.15, -0.1) is 0 Å². The molecule has 0 saturated carbocycles. The number of benzene rings is 2. The maximum Gasteiger partial charge on any atom is 0.407 e. The lowest BCUT2D eigenvalue weighted by molar-refractivity contribution is 0.0907. The van der Waals surface area contributed by atoms with E-state index >= 15 is 0 Å². The molecule has 0 aromatic heterocycles. The van der Waals surface area contributed by atoms with Crippen molar-refractivity contribution in [3.8, 4) is 0 Å². The topological polar surface area (TPSA) is 38.3 Å². The van der Waals surface area contributed by atoms with Gasteiger partial charge in [-0.3, -0.25) is 0 Å². The van der Waals surface area contributed by atoms with Crippen molar-refractivity contribution in [3.05, 3.63) is 71.3 Å². The van der Waals surface area contributed by atoms with Crippen LogP contribution < -0.4 is 5.32 Å². The van der Waals surface area contributed by atoms with Gasteiger partial charge in [-0.25, -0.2) is 4.79 Å². The van der Waals surface area contributed by atoms with Crippen LogP contribution in [-0.4, -0.2) is 12.2 Å². The van der Waals surface area contributed by atoms with E-state index in [0.717, 1.165) is 31.2 Å². The minimum Gasteiger partial charge on any atom is -0.446 e. The fourth-order valence-electron chi connectivity index (χ4n) is 2.68. The summed E-state index contributed by atoms with van der Waals surface area (Å²) < 4.78 is 5.68. The predicted octanol–water partition coefficient (Wildman–Crippen LogP) is 5.02. The minimum atomic E-state index is -0.339. The first-order valence-electron chi connectivity index (χ1n) is 8.72. The molecule has 2 aromatic carbocycles. The second kappa shape index (κ2) is 9.76. The van der Waals surface area contributed by atoms with Crippen LogP contribution in [0.3, 0.4) is 0 Å². The summed E-state index contributed by atoms with van der Waals surface area (Å²) in [6.07, 6.45) is 3.40. The lowest BCUT2D eigenvalue weighted by Crippen LogP contribution is -2.30. The summed E-state index contributed by atoms with van der Waals surface area (Å²) in [5, 5.41) is 2.85. The minimum absolute atomic E-state index is 0.0816. The highest BCUT2D eigenvalue weighted by molar-refractivity contribution is 5.67. The van der Waals surface area contributed by atoms with Gasteiger partial charge in [-0.05, 0) is 30.0 Å². The SMILES string of the molecule is CCCC[C@@H](Cc1ccccc1C)OC(=O)NCc1ccccc1. The molecule has 3 heteroatoms. The van der Waals surface area contributed by atoms with Crippen LogP contribution in [0, 0.1) is 6.92 Å². The number of amides is 1. The van der Waals surface area contributed by atoms with E-state index < -0.39 is 0 Å². The number of alkyl carbamates (subject to hydrolysis) is 1. The number of hydrogen-bond donors (Lipinski definition) is 1. The van der Waals surface area contributed by atoms with Crippen LogP contribution in [0.2, 0.25) is 0 Å². The van der Waals surface area contributed by atoms with Gasteiger partial charge in [0.05, 0.1) is 0 Å². The van der Waals surface area contributed by atoms with Gasteiger partial charge in [-0.2, -0.15) is 0 Å². The van der Waals surface area contributed by atoms with Gasteiger partial charge in [-0.1, -0.05) is 74.4 Å². The third kappa shape index (κ3) is 6.07. The molecule has 0 fully saturated rings. The number of nitrogens with one attached hydrogen (secondary N) is 1. The quantitative estimate of drug-likeness (QED) is 0.740. The number of carbonyl (C=O) groups is 1. The van der Waals surface area contributed by atoms with Crippen LogP contribution in [0.15, 0.2) is 54.6 Å². The molecule has 2 rings (SSSR count). The van der Waals surface area contributed by atoms with Crippen LogP contribution in [0.5, 0.6) is 0 Å². The van der Waals surface area contributed by atoms with Crippen molar-refractivity contribution in [2.75, 3.05) is 0 Å². The van der Waals surface area contributed by atoms with Crippen molar-refractivity contribution >= 4 is 6.09 Å². The zero-order valence-corrected chi connectivity index (χ0v) is 14.6. The second-order valence-electron chi connectivity index (χ2n) is 6.14. The van der Waals surface area contributed by atoms with Crippen molar-refractivity contribution in [2.45, 2.75) is 52.2 Å². The Kier molecular flexibility index (Phi) is 7.34. The molecule has 128 valence electrons. The smallest absolute Gasteiger partial charge is 0.407 e. The van der Waals surface area contributed by atoms with E-state index in [1.165, 1.54) is 11.1 Å². The zero-order chi connectivity index (χ0) is 17.2. The molecule has 0 unspecified atom stereocenters. The molecule has 1 N–H and O–H groups in total.